The zero-order valence-electron chi connectivity index (χ0n) is 14.2. The minimum atomic E-state index is -4.64. The number of rotatable bonds is 2. The van der Waals surface area contributed by atoms with Crippen LogP contribution in [0.2, 0.25) is 5.02 Å². The highest BCUT2D eigenvalue weighted by Gasteiger charge is 2.42. The monoisotopic (exact) mass is 389 g/mol. The van der Waals surface area contributed by atoms with Gasteiger partial charge in [0.2, 0.25) is 11.8 Å². The van der Waals surface area contributed by atoms with Crippen LogP contribution >= 0.6 is 11.6 Å². The zero-order chi connectivity index (χ0) is 19.1. The fraction of sp³-hybridized carbons (Fsp3) is 0.529. The lowest BCUT2D eigenvalue weighted by molar-refractivity contribution is -0.137. The molecule has 1 atom stereocenters. The third-order valence-electron chi connectivity index (χ3n) is 4.84. The van der Waals surface area contributed by atoms with Crippen molar-refractivity contribution >= 4 is 29.1 Å². The van der Waals surface area contributed by atoms with Crippen molar-refractivity contribution in [2.45, 2.75) is 12.6 Å². The Labute approximate surface area is 154 Å². The number of piperazine rings is 1. The van der Waals surface area contributed by atoms with E-state index in [1.165, 1.54) is 12.1 Å². The summed E-state index contributed by atoms with van der Waals surface area (Å²) in [6.07, 6.45) is -4.72. The van der Waals surface area contributed by atoms with Gasteiger partial charge in [0, 0.05) is 44.2 Å². The Kier molecular flexibility index (Phi) is 5.16. The van der Waals surface area contributed by atoms with Crippen LogP contribution in [0.5, 0.6) is 0 Å². The molecule has 2 aliphatic heterocycles. The summed E-state index contributed by atoms with van der Waals surface area (Å²) in [6, 6.07) is 3.31. The van der Waals surface area contributed by atoms with Crippen LogP contribution in [0.25, 0.3) is 0 Å². The number of carbonyl (C=O) groups excluding carboxylic acids is 2. The van der Waals surface area contributed by atoms with E-state index in [1.807, 2.05) is 7.05 Å². The number of hydrogen-bond acceptors (Lipinski definition) is 3. The van der Waals surface area contributed by atoms with Gasteiger partial charge in [0.05, 0.1) is 17.2 Å². The largest absolute Gasteiger partial charge is 0.418 e. The van der Waals surface area contributed by atoms with E-state index >= 15 is 0 Å². The summed E-state index contributed by atoms with van der Waals surface area (Å²) in [4.78, 5) is 29.8. The van der Waals surface area contributed by atoms with Gasteiger partial charge in [0.1, 0.15) is 0 Å². The maximum atomic E-state index is 13.3. The molecule has 0 aliphatic carbocycles. The Morgan fingerprint density at radius 2 is 1.85 bits per heavy atom. The lowest BCUT2D eigenvalue weighted by atomic mass is 10.1. The van der Waals surface area contributed by atoms with E-state index in [9.17, 15) is 22.8 Å². The topological polar surface area (TPSA) is 43.9 Å². The second-order valence-electron chi connectivity index (χ2n) is 6.69. The molecule has 0 bridgehead atoms. The van der Waals surface area contributed by atoms with Crippen LogP contribution in [0, 0.1) is 5.92 Å². The minimum Gasteiger partial charge on any atom is -0.340 e. The predicted octanol–water partition coefficient (Wildman–Crippen LogP) is 2.49. The van der Waals surface area contributed by atoms with Crippen LogP contribution in [0.3, 0.4) is 0 Å². The van der Waals surface area contributed by atoms with Crippen molar-refractivity contribution in [3.8, 4) is 0 Å². The SMILES string of the molecule is CN1CCN(C(=O)C2CC(=O)N(c3ccc(Cl)cc3C(F)(F)F)C2)CC1. The highest BCUT2D eigenvalue weighted by Crippen LogP contribution is 2.40. The molecule has 2 aliphatic rings. The molecule has 0 saturated carbocycles. The zero-order valence-corrected chi connectivity index (χ0v) is 15.0. The number of likely N-dealkylation sites (N-methyl/N-ethyl adjacent to an activating group) is 1. The third-order valence-corrected chi connectivity index (χ3v) is 5.08. The van der Waals surface area contributed by atoms with E-state index in [0.717, 1.165) is 24.1 Å². The van der Waals surface area contributed by atoms with Crippen molar-refractivity contribution in [3.63, 3.8) is 0 Å². The molecule has 0 N–H and O–H groups in total. The molecule has 0 aromatic heterocycles. The smallest absolute Gasteiger partial charge is 0.340 e. The number of halogens is 4. The Balaban J connectivity index is 1.79. The molecular weight excluding hydrogens is 371 g/mol. The molecule has 0 spiro atoms. The first-order chi connectivity index (χ1) is 12.2. The van der Waals surface area contributed by atoms with E-state index in [-0.39, 0.29) is 29.6 Å². The number of hydrogen-bond donors (Lipinski definition) is 0. The molecule has 0 radical (unpaired) electrons. The highest BCUT2D eigenvalue weighted by molar-refractivity contribution is 6.30. The Hall–Kier alpha value is -1.80. The van der Waals surface area contributed by atoms with Gasteiger partial charge in [0.25, 0.3) is 0 Å². The Bertz CT molecular complexity index is 718. The maximum absolute atomic E-state index is 13.3. The van der Waals surface area contributed by atoms with Gasteiger partial charge >= 0.3 is 6.18 Å². The van der Waals surface area contributed by atoms with E-state index in [2.05, 4.69) is 4.90 Å². The number of anilines is 1. The molecule has 3 rings (SSSR count). The van der Waals surface area contributed by atoms with Crippen LogP contribution in [0.4, 0.5) is 18.9 Å². The number of alkyl halides is 3. The van der Waals surface area contributed by atoms with Gasteiger partial charge in [0.15, 0.2) is 0 Å². The first kappa shape index (κ1) is 19.0. The van der Waals surface area contributed by atoms with Crippen molar-refractivity contribution in [2.24, 2.45) is 5.92 Å². The molecule has 1 aromatic rings. The van der Waals surface area contributed by atoms with Crippen molar-refractivity contribution in [1.29, 1.82) is 0 Å². The maximum Gasteiger partial charge on any atom is 0.418 e. The molecule has 1 unspecified atom stereocenters. The summed E-state index contributed by atoms with van der Waals surface area (Å²) in [7, 11) is 1.96. The molecule has 2 fully saturated rings. The van der Waals surface area contributed by atoms with Crippen LogP contribution in [0.15, 0.2) is 18.2 Å². The molecule has 2 amide bonds. The molecule has 2 heterocycles. The summed E-state index contributed by atoms with van der Waals surface area (Å²) in [5.41, 5.74) is -1.22. The molecule has 2 saturated heterocycles. The van der Waals surface area contributed by atoms with Crippen molar-refractivity contribution in [2.75, 3.05) is 44.7 Å². The van der Waals surface area contributed by atoms with E-state index in [1.54, 1.807) is 4.90 Å². The van der Waals surface area contributed by atoms with Crippen molar-refractivity contribution in [1.82, 2.24) is 9.80 Å². The summed E-state index contributed by atoms with van der Waals surface area (Å²) in [5.74, 6) is -1.27. The predicted molar refractivity (Wildman–Crippen MR) is 91.0 cm³/mol. The van der Waals surface area contributed by atoms with Gasteiger partial charge in [-0.25, -0.2) is 0 Å². The first-order valence-corrected chi connectivity index (χ1v) is 8.69. The molecule has 26 heavy (non-hydrogen) atoms. The lowest BCUT2D eigenvalue weighted by Crippen LogP contribution is -2.49. The van der Waals surface area contributed by atoms with Crippen LogP contribution < -0.4 is 4.90 Å². The van der Waals surface area contributed by atoms with Gasteiger partial charge in [-0.15, -0.1) is 0 Å². The van der Waals surface area contributed by atoms with Gasteiger partial charge < -0.3 is 14.7 Å². The summed E-state index contributed by atoms with van der Waals surface area (Å²) < 4.78 is 39.9. The minimum absolute atomic E-state index is 0.0469. The Morgan fingerprint density at radius 3 is 2.46 bits per heavy atom. The quantitative estimate of drug-likeness (QED) is 0.780. The molecule has 5 nitrogen and oxygen atoms in total. The van der Waals surface area contributed by atoms with Gasteiger partial charge in [-0.2, -0.15) is 13.2 Å². The molecule has 9 heteroatoms. The third kappa shape index (κ3) is 3.81. The number of amides is 2. The second-order valence-corrected chi connectivity index (χ2v) is 7.13. The van der Waals surface area contributed by atoms with Crippen LogP contribution in [-0.2, 0) is 15.8 Å². The van der Waals surface area contributed by atoms with Crippen LogP contribution in [-0.4, -0.2) is 61.4 Å². The number of nitrogens with zero attached hydrogens (tertiary/aromatic N) is 3. The number of benzene rings is 1. The van der Waals surface area contributed by atoms with Crippen molar-refractivity contribution in [3.05, 3.63) is 28.8 Å². The average Bonchev–Trinajstić information content (AvgIpc) is 2.96. The fourth-order valence-electron chi connectivity index (χ4n) is 3.36. The lowest BCUT2D eigenvalue weighted by Gasteiger charge is -2.33. The Morgan fingerprint density at radius 1 is 1.19 bits per heavy atom. The second kappa shape index (κ2) is 7.08. The molecule has 142 valence electrons. The summed E-state index contributed by atoms with van der Waals surface area (Å²) in [5, 5.41) is -0.0576. The summed E-state index contributed by atoms with van der Waals surface area (Å²) >= 11 is 5.69. The number of carbonyl (C=O) groups is 2. The van der Waals surface area contributed by atoms with E-state index in [0.29, 0.717) is 13.1 Å². The average molecular weight is 390 g/mol. The fourth-order valence-corrected chi connectivity index (χ4v) is 3.53. The van der Waals surface area contributed by atoms with E-state index in [4.69, 9.17) is 11.6 Å². The normalized spacial score (nSPS) is 22.2. The van der Waals surface area contributed by atoms with Gasteiger partial charge in [-0.05, 0) is 25.2 Å². The molecular formula is C17H19ClF3N3O2. The first-order valence-electron chi connectivity index (χ1n) is 8.31. The standard InChI is InChI=1S/C17H19ClF3N3O2/c1-22-4-6-23(7-5-22)16(26)11-8-15(25)24(10-11)14-3-2-12(18)9-13(14)17(19,20)21/h2-3,9,11H,4-8,10H2,1H3. The van der Waals surface area contributed by atoms with Crippen molar-refractivity contribution < 1.29 is 22.8 Å². The van der Waals surface area contributed by atoms with Crippen LogP contribution in [0.1, 0.15) is 12.0 Å². The van der Waals surface area contributed by atoms with Gasteiger partial charge in [-0.3, -0.25) is 9.59 Å². The summed E-state index contributed by atoms with van der Waals surface area (Å²) in [6.45, 7) is 2.56. The van der Waals surface area contributed by atoms with E-state index < -0.39 is 23.6 Å². The molecule has 1 aromatic carbocycles. The van der Waals surface area contributed by atoms with Gasteiger partial charge in [-0.1, -0.05) is 11.6 Å². The highest BCUT2D eigenvalue weighted by atomic mass is 35.5.